The molecule has 1 saturated carbocycles. The number of nitrogens with zero attached hydrogens (tertiary/aromatic N) is 2. The first-order valence-electron chi connectivity index (χ1n) is 8.36. The second-order valence-corrected chi connectivity index (χ2v) is 10.4. The number of halogens is 1. The largest absolute Gasteiger partial charge is 0.324 e. The summed E-state index contributed by atoms with van der Waals surface area (Å²) in [4.78, 5) is 18.8. The predicted molar refractivity (Wildman–Crippen MR) is 96.5 cm³/mol. The molecule has 6 nitrogen and oxygen atoms in total. The summed E-state index contributed by atoms with van der Waals surface area (Å²) < 4.78 is 24.0. The molecule has 0 bridgehead atoms. The number of thiazole rings is 1. The van der Waals surface area contributed by atoms with Gasteiger partial charge < -0.3 is 4.90 Å². The lowest BCUT2D eigenvalue weighted by Gasteiger charge is -2.41. The number of carbonyl (C=O) groups is 1. The maximum absolute atomic E-state index is 12.9. The van der Waals surface area contributed by atoms with E-state index >= 15 is 0 Å². The maximum Gasteiger partial charge on any atom is 0.324 e. The first-order valence-corrected chi connectivity index (χ1v) is 11.4. The van der Waals surface area contributed by atoms with Crippen molar-refractivity contribution >= 4 is 43.9 Å². The summed E-state index contributed by atoms with van der Waals surface area (Å²) in [7, 11) is -2.95. The van der Waals surface area contributed by atoms with Crippen LogP contribution >= 0.6 is 22.9 Å². The van der Waals surface area contributed by atoms with Gasteiger partial charge in [0.2, 0.25) is 0 Å². The molecule has 1 aliphatic heterocycles. The molecule has 9 heteroatoms. The van der Waals surface area contributed by atoms with Gasteiger partial charge in [0.1, 0.15) is 14.2 Å². The minimum atomic E-state index is -2.95. The molecule has 0 atom stereocenters. The zero-order chi connectivity index (χ0) is 17.2. The summed E-state index contributed by atoms with van der Waals surface area (Å²) in [6.45, 7) is 0. The highest BCUT2D eigenvalue weighted by Gasteiger charge is 2.35. The summed E-state index contributed by atoms with van der Waals surface area (Å²) in [6.07, 6.45) is 7.94. The van der Waals surface area contributed by atoms with E-state index < -0.39 is 9.84 Å². The molecule has 1 aliphatic carbocycles. The van der Waals surface area contributed by atoms with Crippen LogP contribution in [0.15, 0.2) is 6.20 Å². The van der Waals surface area contributed by atoms with Gasteiger partial charge in [-0.3, -0.25) is 5.32 Å². The Kier molecular flexibility index (Phi) is 5.66. The zero-order valence-electron chi connectivity index (χ0n) is 13.4. The highest BCUT2D eigenvalue weighted by Crippen LogP contribution is 2.30. The molecule has 0 aromatic carbocycles. The summed E-state index contributed by atoms with van der Waals surface area (Å²) in [5.74, 6) is 0.328. The topological polar surface area (TPSA) is 79.4 Å². The molecule has 2 fully saturated rings. The lowest BCUT2D eigenvalue weighted by atomic mass is 9.92. The van der Waals surface area contributed by atoms with Crippen LogP contribution in [0.4, 0.5) is 9.93 Å². The van der Waals surface area contributed by atoms with Crippen molar-refractivity contribution in [3.05, 3.63) is 10.5 Å². The van der Waals surface area contributed by atoms with Gasteiger partial charge >= 0.3 is 6.03 Å². The number of rotatable bonds is 3. The summed E-state index contributed by atoms with van der Waals surface area (Å²) in [5, 5.41) is 3.32. The number of amides is 2. The van der Waals surface area contributed by atoms with Crippen LogP contribution in [0.3, 0.4) is 0 Å². The van der Waals surface area contributed by atoms with Gasteiger partial charge in [0, 0.05) is 12.1 Å². The van der Waals surface area contributed by atoms with Gasteiger partial charge in [-0.1, -0.05) is 42.2 Å². The second-order valence-electron chi connectivity index (χ2n) is 6.48. The summed E-state index contributed by atoms with van der Waals surface area (Å²) >= 11 is 7.10. The Hall–Kier alpha value is -0.860. The molecular formula is C15H22ClN3O3S2. The molecule has 3 rings (SSSR count). The molecule has 2 amide bonds. The second kappa shape index (κ2) is 7.58. The average molecular weight is 392 g/mol. The van der Waals surface area contributed by atoms with E-state index in [9.17, 15) is 13.2 Å². The Bertz CT molecular complexity index is 672. The fourth-order valence-electron chi connectivity index (χ4n) is 3.61. The molecule has 1 N–H and O–H groups in total. The van der Waals surface area contributed by atoms with E-state index in [1.54, 1.807) is 0 Å². The molecule has 134 valence electrons. The van der Waals surface area contributed by atoms with Gasteiger partial charge in [-0.25, -0.2) is 18.2 Å². The van der Waals surface area contributed by atoms with Gasteiger partial charge in [0.25, 0.3) is 0 Å². The molecular weight excluding hydrogens is 370 g/mol. The third-order valence-corrected chi connectivity index (χ3v) is 7.56. The fraction of sp³-hybridized carbons (Fsp3) is 0.733. The quantitative estimate of drug-likeness (QED) is 0.854. The molecule has 0 radical (unpaired) electrons. The van der Waals surface area contributed by atoms with Crippen molar-refractivity contribution in [1.82, 2.24) is 9.88 Å². The molecule has 0 unspecified atom stereocenters. The number of nitrogens with one attached hydrogen (secondary N) is 1. The Labute approximate surface area is 151 Å². The van der Waals surface area contributed by atoms with Gasteiger partial charge in [-0.05, 0) is 25.7 Å². The smallest absolute Gasteiger partial charge is 0.318 e. The van der Waals surface area contributed by atoms with Crippen molar-refractivity contribution in [2.45, 2.75) is 57.0 Å². The maximum atomic E-state index is 12.9. The average Bonchev–Trinajstić information content (AvgIpc) is 2.95. The van der Waals surface area contributed by atoms with E-state index in [4.69, 9.17) is 11.6 Å². The number of sulfone groups is 1. The van der Waals surface area contributed by atoms with Gasteiger partial charge in [0.05, 0.1) is 17.7 Å². The standard InChI is InChI=1S/C15H22ClN3O3S2/c16-13-10-17-14(23-13)18-15(20)19(11-4-2-1-3-5-11)12-6-8-24(21,22)9-7-12/h10-12H,1-9H2,(H,17,18,20). The van der Waals surface area contributed by atoms with Crippen LogP contribution in [0.5, 0.6) is 0 Å². The summed E-state index contributed by atoms with van der Waals surface area (Å²) in [5.41, 5.74) is 0. The van der Waals surface area contributed by atoms with Crippen molar-refractivity contribution in [2.75, 3.05) is 16.8 Å². The van der Waals surface area contributed by atoms with Crippen LogP contribution in [-0.4, -0.2) is 47.9 Å². The third-order valence-electron chi connectivity index (χ3n) is 4.81. The summed E-state index contributed by atoms with van der Waals surface area (Å²) in [6, 6.07) is -0.0238. The van der Waals surface area contributed by atoms with Crippen LogP contribution in [0.1, 0.15) is 44.9 Å². The van der Waals surface area contributed by atoms with Gasteiger partial charge in [-0.15, -0.1) is 0 Å². The normalized spacial score (nSPS) is 22.2. The molecule has 0 spiro atoms. The lowest BCUT2D eigenvalue weighted by Crippen LogP contribution is -2.52. The lowest BCUT2D eigenvalue weighted by molar-refractivity contribution is 0.127. The minimum absolute atomic E-state index is 0.0212. The van der Waals surface area contributed by atoms with E-state index in [1.807, 2.05) is 4.90 Å². The van der Waals surface area contributed by atoms with E-state index in [2.05, 4.69) is 10.3 Å². The molecule has 1 aromatic heterocycles. The molecule has 24 heavy (non-hydrogen) atoms. The first kappa shape index (κ1) is 17.9. The van der Waals surface area contributed by atoms with Crippen LogP contribution in [-0.2, 0) is 9.84 Å². The highest BCUT2D eigenvalue weighted by molar-refractivity contribution is 7.91. The Morgan fingerprint density at radius 3 is 2.38 bits per heavy atom. The van der Waals surface area contributed by atoms with E-state index in [0.29, 0.717) is 22.3 Å². The highest BCUT2D eigenvalue weighted by atomic mass is 35.5. The van der Waals surface area contributed by atoms with Crippen LogP contribution in [0.25, 0.3) is 0 Å². The number of urea groups is 1. The number of aromatic nitrogens is 1. The van der Waals surface area contributed by atoms with E-state index in [0.717, 1.165) is 25.7 Å². The van der Waals surface area contributed by atoms with Crippen molar-refractivity contribution < 1.29 is 13.2 Å². The SMILES string of the molecule is O=C(Nc1ncc(Cl)s1)N(C1CCCCC1)C1CCS(=O)(=O)CC1. The van der Waals surface area contributed by atoms with E-state index in [-0.39, 0.29) is 29.6 Å². The Morgan fingerprint density at radius 1 is 1.17 bits per heavy atom. The van der Waals surface area contributed by atoms with Crippen LogP contribution in [0.2, 0.25) is 4.34 Å². The Balaban J connectivity index is 1.75. The fourth-order valence-corrected chi connectivity index (χ4v) is 5.88. The van der Waals surface area contributed by atoms with Crippen molar-refractivity contribution in [3.63, 3.8) is 0 Å². The monoisotopic (exact) mass is 391 g/mol. The Morgan fingerprint density at radius 2 is 1.79 bits per heavy atom. The van der Waals surface area contributed by atoms with Crippen LogP contribution in [0, 0.1) is 0 Å². The third kappa shape index (κ3) is 4.40. The van der Waals surface area contributed by atoms with Crippen molar-refractivity contribution in [2.24, 2.45) is 0 Å². The minimum Gasteiger partial charge on any atom is -0.318 e. The molecule has 2 aliphatic rings. The number of hydrogen-bond donors (Lipinski definition) is 1. The number of carbonyl (C=O) groups excluding carboxylic acids is 1. The number of hydrogen-bond acceptors (Lipinski definition) is 5. The molecule has 2 heterocycles. The first-order chi connectivity index (χ1) is 11.4. The molecule has 1 saturated heterocycles. The van der Waals surface area contributed by atoms with E-state index in [1.165, 1.54) is 24.0 Å². The van der Waals surface area contributed by atoms with Crippen molar-refractivity contribution in [3.8, 4) is 0 Å². The number of anilines is 1. The predicted octanol–water partition coefficient (Wildman–Crippen LogP) is 3.54. The van der Waals surface area contributed by atoms with Gasteiger partial charge in [-0.2, -0.15) is 0 Å². The van der Waals surface area contributed by atoms with Crippen LogP contribution < -0.4 is 5.32 Å². The molecule has 1 aromatic rings. The van der Waals surface area contributed by atoms with Crippen molar-refractivity contribution in [1.29, 1.82) is 0 Å². The van der Waals surface area contributed by atoms with Gasteiger partial charge in [0.15, 0.2) is 5.13 Å². The zero-order valence-corrected chi connectivity index (χ0v) is 15.8.